The Labute approximate surface area is 92.8 Å². The van der Waals surface area contributed by atoms with Crippen molar-refractivity contribution >= 4 is 37.0 Å². The topological polar surface area (TPSA) is 43.4 Å². The first-order valence-corrected chi connectivity index (χ1v) is 7.13. The van der Waals surface area contributed by atoms with Gasteiger partial charge < -0.3 is 0 Å². The minimum absolute atomic E-state index is 0.0165. The van der Waals surface area contributed by atoms with Crippen molar-refractivity contribution in [2.24, 2.45) is 0 Å². The third-order valence-corrected chi connectivity index (χ3v) is 4.58. The van der Waals surface area contributed by atoms with Crippen molar-refractivity contribution in [3.05, 3.63) is 29.3 Å². The fourth-order valence-corrected chi connectivity index (χ4v) is 3.08. The van der Waals surface area contributed by atoms with Crippen LogP contribution in [0.15, 0.2) is 29.2 Å². The summed E-state index contributed by atoms with van der Waals surface area (Å²) in [5, 5.41) is 0.431. The molecule has 1 aromatic rings. The first-order chi connectivity index (χ1) is 6.56. The van der Waals surface area contributed by atoms with Gasteiger partial charge in [0.05, 0.1) is 0 Å². The molecule has 0 radical (unpaired) electrons. The van der Waals surface area contributed by atoms with Crippen LogP contribution < -0.4 is 0 Å². The fraction of sp³-hybridized carbons (Fsp3) is 0.143. The number of hydrogen-bond acceptors (Lipinski definition) is 3. The van der Waals surface area contributed by atoms with E-state index in [1.165, 1.54) is 24.3 Å². The Morgan fingerprint density at radius 1 is 1.36 bits per heavy atom. The third kappa shape index (κ3) is 3.22. The van der Waals surface area contributed by atoms with Crippen molar-refractivity contribution < 1.29 is 16.1 Å². The molecule has 78 valence electrons. The van der Waals surface area contributed by atoms with Gasteiger partial charge in [-0.3, -0.25) is 0 Å². The van der Waals surface area contributed by atoms with E-state index >= 15 is 0 Å². The summed E-state index contributed by atoms with van der Waals surface area (Å²) in [4.78, 5) is -0.0165. The van der Waals surface area contributed by atoms with Crippen LogP contribution in [0.3, 0.4) is 0 Å². The molecule has 0 atom stereocenters. The normalized spacial score (nSPS) is 11.6. The summed E-state index contributed by atoms with van der Waals surface area (Å²) in [5.41, 5.74) is -0.778. The van der Waals surface area contributed by atoms with Crippen molar-refractivity contribution in [3.63, 3.8) is 0 Å². The van der Waals surface area contributed by atoms with Gasteiger partial charge in [0.15, 0.2) is 0 Å². The molecule has 0 N–H and O–H groups in total. The Morgan fingerprint density at radius 2 is 1.93 bits per heavy atom. The Morgan fingerprint density at radius 3 is 2.43 bits per heavy atom. The summed E-state index contributed by atoms with van der Waals surface area (Å²) < 4.78 is 38.7. The van der Waals surface area contributed by atoms with E-state index in [0.717, 1.165) is 0 Å². The summed E-state index contributed by atoms with van der Waals surface area (Å²) in [6.07, 6.45) is 0. The molecule has 0 bridgehead atoms. The molecule has 0 heterocycles. The van der Waals surface area contributed by atoms with Crippen molar-refractivity contribution in [1.82, 2.24) is 0 Å². The maximum atomic E-state index is 11.7. The zero-order valence-corrected chi connectivity index (χ0v) is 10.1. The summed E-state index contributed by atoms with van der Waals surface area (Å²) >= 11 is 4.59. The van der Waals surface area contributed by atoms with Gasteiger partial charge in [-0.2, -0.15) is 0 Å². The monoisotopic (exact) mass is 304 g/mol. The summed E-state index contributed by atoms with van der Waals surface area (Å²) in [6, 6.07) is 5.48. The molecule has 0 saturated heterocycles. The molecule has 0 spiro atoms. The van der Waals surface area contributed by atoms with Crippen LogP contribution in [0.5, 0.6) is 0 Å². The molecule has 0 aliphatic heterocycles. The molecule has 1 aromatic carbocycles. The van der Waals surface area contributed by atoms with Crippen LogP contribution in [-0.4, -0.2) is 29.3 Å². The zero-order chi connectivity index (χ0) is 10.6. The molecule has 0 amide bonds. The second-order valence-electron chi connectivity index (χ2n) is 2.20. The van der Waals surface area contributed by atoms with Gasteiger partial charge in [0.25, 0.3) is 0 Å². The number of rotatable bonds is 4. The molecule has 3 nitrogen and oxygen atoms in total. The minimum atomic E-state index is -3.81. The van der Waals surface area contributed by atoms with Gasteiger partial charge in [-0.25, -0.2) is 0 Å². The molecule has 0 saturated carbocycles. The molecular weight excluding hydrogens is 298 g/mol. The van der Waals surface area contributed by atoms with Crippen LogP contribution in [0.1, 0.15) is 0 Å². The van der Waals surface area contributed by atoms with E-state index in [1.807, 2.05) is 0 Å². The molecule has 0 fully saturated rings. The summed E-state index contributed by atoms with van der Waals surface area (Å²) in [6.45, 7) is 0. The van der Waals surface area contributed by atoms with E-state index in [1.54, 1.807) is 0 Å². The average Bonchev–Trinajstić information content (AvgIpc) is 2.16. The van der Waals surface area contributed by atoms with Gasteiger partial charge >= 0.3 is 92.8 Å². The second kappa shape index (κ2) is 5.09. The molecule has 0 aromatic heterocycles. The molecule has 1 rings (SSSR count). The van der Waals surface area contributed by atoms with Gasteiger partial charge in [-0.05, 0) is 0 Å². The van der Waals surface area contributed by atoms with Gasteiger partial charge in [0.2, 0.25) is 0 Å². The van der Waals surface area contributed by atoms with E-state index in [9.17, 15) is 12.8 Å². The molecule has 7 heteroatoms. The van der Waals surface area contributed by atoms with E-state index in [0.29, 0.717) is 5.02 Å². The molecular formula is C7H6ClFO3SSe. The van der Waals surface area contributed by atoms with Crippen LogP contribution in [0.2, 0.25) is 5.02 Å². The number of halogens is 2. The Kier molecular flexibility index (Phi) is 4.34. The Hall–Kier alpha value is -0.131. The van der Waals surface area contributed by atoms with Gasteiger partial charge in [0.1, 0.15) is 0 Å². The summed E-state index contributed by atoms with van der Waals surface area (Å²) in [5.74, 6) is 0. The predicted octanol–water partition coefficient (Wildman–Crippen LogP) is 1.59. The van der Waals surface area contributed by atoms with Crippen LogP contribution in [0.4, 0.5) is 4.39 Å². The van der Waals surface area contributed by atoms with E-state index in [2.05, 4.69) is 3.27 Å². The van der Waals surface area contributed by atoms with Crippen LogP contribution in [0.25, 0.3) is 0 Å². The fourth-order valence-electron chi connectivity index (χ4n) is 0.722. The molecule has 0 aliphatic carbocycles. The van der Waals surface area contributed by atoms with Gasteiger partial charge in [-0.15, -0.1) is 0 Å². The second-order valence-corrected chi connectivity index (χ2v) is 5.96. The van der Waals surface area contributed by atoms with Crippen molar-refractivity contribution in [2.75, 3.05) is 5.57 Å². The van der Waals surface area contributed by atoms with Crippen LogP contribution in [-0.2, 0) is 13.4 Å². The maximum absolute atomic E-state index is 11.7. The zero-order valence-electron chi connectivity index (χ0n) is 6.81. The Balaban J connectivity index is 2.87. The molecule has 14 heavy (non-hydrogen) atoms. The number of benzene rings is 1. The average molecular weight is 304 g/mol. The first-order valence-electron chi connectivity index (χ1n) is 3.44. The van der Waals surface area contributed by atoms with E-state index < -0.39 is 31.0 Å². The predicted molar refractivity (Wildman–Crippen MR) is 51.5 cm³/mol. The number of hydrogen-bond donors (Lipinski definition) is 0. The van der Waals surface area contributed by atoms with E-state index in [4.69, 9.17) is 11.6 Å². The Bertz CT molecular complexity index is 392. The van der Waals surface area contributed by atoms with Crippen LogP contribution >= 0.6 is 11.6 Å². The van der Waals surface area contributed by atoms with E-state index in [-0.39, 0.29) is 4.90 Å². The summed E-state index contributed by atoms with van der Waals surface area (Å²) in [7, 11) is -3.81. The van der Waals surface area contributed by atoms with Gasteiger partial charge in [0, 0.05) is 0 Å². The van der Waals surface area contributed by atoms with Crippen molar-refractivity contribution in [3.8, 4) is 0 Å². The third-order valence-electron chi connectivity index (χ3n) is 1.28. The first kappa shape index (κ1) is 11.9. The molecule has 0 aliphatic rings. The van der Waals surface area contributed by atoms with Crippen molar-refractivity contribution in [1.29, 1.82) is 0 Å². The standard InChI is InChI=1S/C7H6ClFO3SSe/c8-6-1-3-7(4-2-6)13(10,11)12-14-5-9/h1-4H,5H2. The SMILES string of the molecule is O=S(=O)(O[Se]CF)c1ccc(Cl)cc1. The van der Waals surface area contributed by atoms with Gasteiger partial charge in [-0.1, -0.05) is 0 Å². The molecule has 0 unspecified atom stereocenters. The van der Waals surface area contributed by atoms with Crippen LogP contribution in [0, 0.1) is 0 Å². The van der Waals surface area contributed by atoms with Crippen molar-refractivity contribution in [2.45, 2.75) is 4.90 Å². The number of alkyl halides is 1. The quantitative estimate of drug-likeness (QED) is 0.794.